The first-order chi connectivity index (χ1) is 6.33. The summed E-state index contributed by atoms with van der Waals surface area (Å²) in [4.78, 5) is 0. The third kappa shape index (κ3) is 24.5. The minimum absolute atomic E-state index is 1.37. The van der Waals surface area contributed by atoms with E-state index in [-0.39, 0.29) is 0 Å². The zero-order valence-corrected chi connectivity index (χ0v) is 8.96. The van der Waals surface area contributed by atoms with Crippen LogP contribution in [-0.2, 0) is 5.04 Å². The van der Waals surface area contributed by atoms with Crippen LogP contribution in [0, 0.1) is 0 Å². The van der Waals surface area contributed by atoms with Crippen molar-refractivity contribution in [1.82, 2.24) is 0 Å². The average Bonchev–Trinajstić information content (AvgIpc) is 2.13. The fourth-order valence-electron chi connectivity index (χ4n) is 1.21. The highest BCUT2D eigenvalue weighted by Gasteiger charge is 1.87. The van der Waals surface area contributed by atoms with E-state index in [0.717, 1.165) is 0 Å². The second-order valence-corrected chi connectivity index (χ2v) is 3.20. The molecule has 0 radical (unpaired) electrons. The van der Waals surface area contributed by atoms with Crippen LogP contribution in [-0.4, -0.2) is 10.5 Å². The van der Waals surface area contributed by atoms with Crippen molar-refractivity contribution in [1.29, 1.82) is 0 Å². The van der Waals surface area contributed by atoms with Gasteiger partial charge >= 0.3 is 0 Å². The van der Waals surface area contributed by atoms with E-state index in [2.05, 4.69) is 18.9 Å². The predicted octanol–water partition coefficient (Wildman–Crippen LogP) is 4.10. The van der Waals surface area contributed by atoms with Crippen molar-refractivity contribution in [2.45, 2.75) is 65.2 Å². The van der Waals surface area contributed by atoms with Gasteiger partial charge in [-0.3, -0.25) is 0 Å². The van der Waals surface area contributed by atoms with Crippen LogP contribution in [0.2, 0.25) is 0 Å². The molecule has 0 amide bonds. The van der Waals surface area contributed by atoms with E-state index in [9.17, 15) is 0 Å². The third-order valence-corrected chi connectivity index (χ3v) is 1.96. The van der Waals surface area contributed by atoms with Gasteiger partial charge in [-0.25, -0.2) is 10.5 Å². The Labute approximate surface area is 81.6 Å². The summed E-state index contributed by atoms with van der Waals surface area (Å²) < 4.78 is 0. The van der Waals surface area contributed by atoms with Crippen LogP contribution < -0.4 is 0 Å². The molecule has 0 heterocycles. The molecule has 0 aliphatic rings. The van der Waals surface area contributed by atoms with Crippen LogP contribution in [0.15, 0.2) is 0 Å². The molecule has 0 saturated heterocycles. The van der Waals surface area contributed by atoms with Gasteiger partial charge in [-0.1, -0.05) is 70.3 Å². The van der Waals surface area contributed by atoms with Gasteiger partial charge in [-0.15, -0.1) is 0 Å². The molecule has 0 aromatic rings. The summed E-state index contributed by atoms with van der Waals surface area (Å²) in [6.07, 6.45) is 11.5. The SMILES string of the molecule is CCCCCCCCCC.OOO. The molecule has 0 aliphatic carbocycles. The summed E-state index contributed by atoms with van der Waals surface area (Å²) in [6, 6.07) is 0. The lowest BCUT2D eigenvalue weighted by atomic mass is 10.1. The van der Waals surface area contributed by atoms with Gasteiger partial charge in [-0.2, -0.15) is 0 Å². The largest absolute Gasteiger partial charge is 0.221 e. The molecular weight excluding hydrogens is 168 g/mol. The van der Waals surface area contributed by atoms with Crippen molar-refractivity contribution in [2.75, 3.05) is 0 Å². The fourth-order valence-corrected chi connectivity index (χ4v) is 1.21. The molecule has 0 fully saturated rings. The molecule has 2 N–H and O–H groups in total. The summed E-state index contributed by atoms with van der Waals surface area (Å²) in [5.74, 6) is 0. The molecule has 0 spiro atoms. The topological polar surface area (TPSA) is 49.7 Å². The molecule has 82 valence electrons. The maximum Gasteiger partial charge on any atom is -0.0533 e. The summed E-state index contributed by atoms with van der Waals surface area (Å²) >= 11 is 0. The molecule has 0 saturated carbocycles. The summed E-state index contributed by atoms with van der Waals surface area (Å²) in [6.45, 7) is 4.54. The van der Waals surface area contributed by atoms with E-state index >= 15 is 0 Å². The Bertz CT molecular complexity index is 59.2. The van der Waals surface area contributed by atoms with Gasteiger partial charge in [0.15, 0.2) is 0 Å². The molecule has 13 heavy (non-hydrogen) atoms. The highest BCUT2D eigenvalue weighted by molar-refractivity contribution is 4.43. The van der Waals surface area contributed by atoms with Gasteiger partial charge < -0.3 is 0 Å². The van der Waals surface area contributed by atoms with Gasteiger partial charge in [0.2, 0.25) is 0 Å². The standard InChI is InChI=1S/C10H22.H2O3/c1-3-5-7-9-10-8-6-4-2;1-3-2/h3-10H2,1-2H3;1-2H. The molecule has 0 aromatic carbocycles. The first kappa shape index (κ1) is 15.4. The smallest absolute Gasteiger partial charge is 0.0533 e. The van der Waals surface area contributed by atoms with Gasteiger partial charge in [-0.05, 0) is 0 Å². The van der Waals surface area contributed by atoms with E-state index < -0.39 is 0 Å². The van der Waals surface area contributed by atoms with E-state index in [1.54, 1.807) is 0 Å². The maximum atomic E-state index is 6.62. The van der Waals surface area contributed by atoms with Crippen molar-refractivity contribution in [3.05, 3.63) is 0 Å². The minimum Gasteiger partial charge on any atom is -0.221 e. The molecule has 0 aliphatic heterocycles. The zero-order chi connectivity index (χ0) is 10.4. The highest BCUT2D eigenvalue weighted by Crippen LogP contribution is 2.07. The molecule has 0 bridgehead atoms. The van der Waals surface area contributed by atoms with Crippen LogP contribution in [0.4, 0.5) is 0 Å². The van der Waals surface area contributed by atoms with Gasteiger partial charge in [0.25, 0.3) is 0 Å². The molecule has 0 rings (SSSR count). The third-order valence-electron chi connectivity index (χ3n) is 1.96. The summed E-state index contributed by atoms with van der Waals surface area (Å²) in [5, 5.41) is 15.5. The molecular formula is C10H24O3. The number of unbranched alkanes of at least 4 members (excludes halogenated alkanes) is 7. The molecule has 3 nitrogen and oxygen atoms in total. The van der Waals surface area contributed by atoms with Crippen molar-refractivity contribution in [2.24, 2.45) is 0 Å². The van der Waals surface area contributed by atoms with Crippen LogP contribution in [0.25, 0.3) is 0 Å². The van der Waals surface area contributed by atoms with Gasteiger partial charge in [0, 0.05) is 0 Å². The Morgan fingerprint density at radius 3 is 1.15 bits per heavy atom. The maximum absolute atomic E-state index is 6.62. The van der Waals surface area contributed by atoms with E-state index in [1.807, 2.05) is 0 Å². The Morgan fingerprint density at radius 2 is 0.923 bits per heavy atom. The number of rotatable bonds is 7. The van der Waals surface area contributed by atoms with Crippen molar-refractivity contribution in [3.8, 4) is 0 Å². The quantitative estimate of drug-likeness (QED) is 0.363. The fraction of sp³-hybridized carbons (Fsp3) is 1.00. The van der Waals surface area contributed by atoms with Crippen molar-refractivity contribution < 1.29 is 15.6 Å². The Balaban J connectivity index is 0. The normalized spacial score (nSPS) is 9.23. The van der Waals surface area contributed by atoms with Crippen molar-refractivity contribution >= 4 is 0 Å². The predicted molar refractivity (Wildman–Crippen MR) is 54.6 cm³/mol. The Morgan fingerprint density at radius 1 is 0.692 bits per heavy atom. The summed E-state index contributed by atoms with van der Waals surface area (Å²) in [7, 11) is 0. The van der Waals surface area contributed by atoms with Gasteiger partial charge in [0.05, 0.1) is 0 Å². The molecule has 0 aromatic heterocycles. The lowest BCUT2D eigenvalue weighted by molar-refractivity contribution is -0.465. The van der Waals surface area contributed by atoms with E-state index in [0.29, 0.717) is 0 Å². The first-order valence-corrected chi connectivity index (χ1v) is 5.28. The number of hydrogen-bond donors (Lipinski definition) is 2. The second kappa shape index (κ2) is 17.8. The lowest BCUT2D eigenvalue weighted by Gasteiger charge is -1.97. The minimum atomic E-state index is 1.37. The van der Waals surface area contributed by atoms with Crippen LogP contribution in [0.3, 0.4) is 0 Å². The van der Waals surface area contributed by atoms with E-state index in [4.69, 9.17) is 10.5 Å². The Kier molecular flexibility index (Phi) is 21.1. The first-order valence-electron chi connectivity index (χ1n) is 5.28. The highest BCUT2D eigenvalue weighted by atomic mass is 17.4. The molecule has 3 heteroatoms. The van der Waals surface area contributed by atoms with Crippen LogP contribution in [0.1, 0.15) is 65.2 Å². The number of hydrogen-bond acceptors (Lipinski definition) is 3. The second-order valence-electron chi connectivity index (χ2n) is 3.20. The summed E-state index contributed by atoms with van der Waals surface area (Å²) in [5.41, 5.74) is 0. The Hall–Kier alpha value is -0.120. The van der Waals surface area contributed by atoms with Crippen LogP contribution in [0.5, 0.6) is 0 Å². The molecule has 0 atom stereocenters. The lowest BCUT2D eigenvalue weighted by Crippen LogP contribution is -1.77. The van der Waals surface area contributed by atoms with E-state index in [1.165, 1.54) is 51.4 Å². The average molecular weight is 192 g/mol. The monoisotopic (exact) mass is 192 g/mol. The zero-order valence-electron chi connectivity index (χ0n) is 8.96. The van der Waals surface area contributed by atoms with Gasteiger partial charge in [0.1, 0.15) is 0 Å². The van der Waals surface area contributed by atoms with Crippen molar-refractivity contribution in [3.63, 3.8) is 0 Å². The molecule has 0 unspecified atom stereocenters. The van der Waals surface area contributed by atoms with Crippen LogP contribution >= 0.6 is 0 Å².